The number of benzene rings is 1. The number of hydrogen-bond acceptors (Lipinski definition) is 4. The second-order valence-electron chi connectivity index (χ2n) is 4.99. The van der Waals surface area contributed by atoms with Crippen molar-refractivity contribution in [2.75, 3.05) is 6.26 Å². The molecule has 1 atom stereocenters. The second-order valence-corrected chi connectivity index (χ2v) is 7.39. The van der Waals surface area contributed by atoms with Gasteiger partial charge in [0.25, 0.3) is 0 Å². The quantitative estimate of drug-likeness (QED) is 0.828. The molecule has 7 heteroatoms. The van der Waals surface area contributed by atoms with Gasteiger partial charge in [-0.15, -0.1) is 0 Å². The van der Waals surface area contributed by atoms with Crippen LogP contribution in [0.3, 0.4) is 0 Å². The van der Waals surface area contributed by atoms with Crippen molar-refractivity contribution in [1.82, 2.24) is 5.32 Å². The first kappa shape index (κ1) is 16.9. The first-order valence-corrected chi connectivity index (χ1v) is 8.41. The monoisotopic (exact) mass is 318 g/mol. The van der Waals surface area contributed by atoms with E-state index < -0.39 is 21.8 Å². The van der Waals surface area contributed by atoms with E-state index in [-0.39, 0.29) is 17.4 Å². The molecule has 112 valence electrons. The fraction of sp³-hybridized carbons (Fsp3) is 0.462. The van der Waals surface area contributed by atoms with Gasteiger partial charge in [0.1, 0.15) is 0 Å². The molecule has 1 aromatic rings. The zero-order chi connectivity index (χ0) is 15.5. The van der Waals surface area contributed by atoms with Crippen LogP contribution < -0.4 is 11.1 Å². The lowest BCUT2D eigenvalue weighted by Gasteiger charge is -2.20. The predicted molar refractivity (Wildman–Crippen MR) is 79.2 cm³/mol. The Labute approximate surface area is 124 Å². The Morgan fingerprint density at radius 2 is 2.00 bits per heavy atom. The summed E-state index contributed by atoms with van der Waals surface area (Å²) >= 11 is 6.06. The highest BCUT2D eigenvalue weighted by Gasteiger charge is 2.21. The number of hydrogen-bond donors (Lipinski definition) is 2. The molecular formula is C13H19ClN2O3S. The normalized spacial score (nSPS) is 13.4. The van der Waals surface area contributed by atoms with E-state index in [2.05, 4.69) is 5.32 Å². The van der Waals surface area contributed by atoms with Gasteiger partial charge in [-0.05, 0) is 18.1 Å². The highest BCUT2D eigenvalue weighted by molar-refractivity contribution is 7.90. The van der Waals surface area contributed by atoms with E-state index in [0.29, 0.717) is 10.6 Å². The molecule has 0 fully saturated rings. The average molecular weight is 319 g/mol. The number of nitrogens with one attached hydrogen (secondary N) is 1. The molecule has 1 unspecified atom stereocenters. The third kappa shape index (κ3) is 4.19. The van der Waals surface area contributed by atoms with Gasteiger partial charge in [0, 0.05) is 23.4 Å². The van der Waals surface area contributed by atoms with E-state index in [1.165, 1.54) is 6.07 Å². The fourth-order valence-electron chi connectivity index (χ4n) is 1.93. The van der Waals surface area contributed by atoms with Gasteiger partial charge in [-0.3, -0.25) is 4.79 Å². The SMILES string of the molecule is CC(C)C(NCc1c(Cl)cccc1S(C)(=O)=O)C(N)=O. The molecule has 1 aromatic carbocycles. The summed E-state index contributed by atoms with van der Waals surface area (Å²) in [6.45, 7) is 3.87. The molecule has 0 aliphatic rings. The predicted octanol–water partition coefficient (Wildman–Crippen LogP) is 1.34. The number of carbonyl (C=O) groups excluding carboxylic acids is 1. The van der Waals surface area contributed by atoms with Crippen molar-refractivity contribution in [2.24, 2.45) is 11.7 Å². The van der Waals surface area contributed by atoms with Crippen molar-refractivity contribution in [2.45, 2.75) is 31.3 Å². The van der Waals surface area contributed by atoms with Crippen LogP contribution in [0.4, 0.5) is 0 Å². The van der Waals surface area contributed by atoms with E-state index in [1.54, 1.807) is 12.1 Å². The molecule has 0 aromatic heterocycles. The highest BCUT2D eigenvalue weighted by Crippen LogP contribution is 2.24. The summed E-state index contributed by atoms with van der Waals surface area (Å²) in [6, 6.07) is 4.14. The van der Waals surface area contributed by atoms with E-state index in [4.69, 9.17) is 17.3 Å². The topological polar surface area (TPSA) is 89.3 Å². The van der Waals surface area contributed by atoms with Crippen LogP contribution in [0.25, 0.3) is 0 Å². The molecule has 0 saturated heterocycles. The summed E-state index contributed by atoms with van der Waals surface area (Å²) in [7, 11) is -3.38. The highest BCUT2D eigenvalue weighted by atomic mass is 35.5. The van der Waals surface area contributed by atoms with Crippen molar-refractivity contribution in [3.8, 4) is 0 Å². The summed E-state index contributed by atoms with van der Waals surface area (Å²) in [5.41, 5.74) is 5.76. The van der Waals surface area contributed by atoms with Crippen molar-refractivity contribution in [1.29, 1.82) is 0 Å². The Kier molecular flexibility index (Phi) is 5.56. The number of carbonyl (C=O) groups is 1. The Bertz CT molecular complexity index is 600. The molecule has 1 rings (SSSR count). The van der Waals surface area contributed by atoms with Crippen LogP contribution in [0, 0.1) is 5.92 Å². The van der Waals surface area contributed by atoms with Gasteiger partial charge in [0.05, 0.1) is 10.9 Å². The maximum Gasteiger partial charge on any atom is 0.234 e. The van der Waals surface area contributed by atoms with Crippen molar-refractivity contribution >= 4 is 27.3 Å². The maximum atomic E-state index is 11.7. The lowest BCUT2D eigenvalue weighted by molar-refractivity contribution is -0.121. The average Bonchev–Trinajstić information content (AvgIpc) is 2.28. The van der Waals surface area contributed by atoms with Crippen LogP contribution in [0.5, 0.6) is 0 Å². The Balaban J connectivity index is 3.07. The molecule has 0 aliphatic heterocycles. The molecule has 0 spiro atoms. The molecule has 5 nitrogen and oxygen atoms in total. The lowest BCUT2D eigenvalue weighted by Crippen LogP contribution is -2.44. The molecular weight excluding hydrogens is 300 g/mol. The van der Waals surface area contributed by atoms with Gasteiger partial charge >= 0.3 is 0 Å². The maximum absolute atomic E-state index is 11.7. The lowest BCUT2D eigenvalue weighted by atomic mass is 10.0. The molecule has 0 radical (unpaired) electrons. The zero-order valence-corrected chi connectivity index (χ0v) is 13.3. The van der Waals surface area contributed by atoms with Crippen molar-refractivity contribution in [3.63, 3.8) is 0 Å². The number of amides is 1. The second kappa shape index (κ2) is 6.56. The van der Waals surface area contributed by atoms with Gasteiger partial charge in [-0.2, -0.15) is 0 Å². The van der Waals surface area contributed by atoms with Gasteiger partial charge in [0.2, 0.25) is 5.91 Å². The van der Waals surface area contributed by atoms with Gasteiger partial charge in [0.15, 0.2) is 9.84 Å². The smallest absolute Gasteiger partial charge is 0.234 e. The Hall–Kier alpha value is -1.11. The number of halogens is 1. The summed E-state index contributed by atoms with van der Waals surface area (Å²) in [5, 5.41) is 3.31. The van der Waals surface area contributed by atoms with Crippen molar-refractivity contribution < 1.29 is 13.2 Å². The third-order valence-electron chi connectivity index (χ3n) is 2.95. The van der Waals surface area contributed by atoms with E-state index in [0.717, 1.165) is 6.26 Å². The molecule has 20 heavy (non-hydrogen) atoms. The summed E-state index contributed by atoms with van der Waals surface area (Å²) in [5.74, 6) is -0.482. The van der Waals surface area contributed by atoms with E-state index >= 15 is 0 Å². The minimum absolute atomic E-state index is 0.00308. The molecule has 0 aliphatic carbocycles. The van der Waals surface area contributed by atoms with E-state index in [9.17, 15) is 13.2 Å². The molecule has 0 heterocycles. The molecule has 0 saturated carbocycles. The fourth-order valence-corrected chi connectivity index (χ4v) is 3.19. The van der Waals surface area contributed by atoms with E-state index in [1.807, 2.05) is 13.8 Å². The molecule has 1 amide bonds. The number of primary amides is 1. The van der Waals surface area contributed by atoms with Crippen LogP contribution in [0.2, 0.25) is 5.02 Å². The zero-order valence-electron chi connectivity index (χ0n) is 11.7. The standard InChI is InChI=1S/C13H19ClN2O3S/c1-8(2)12(13(15)17)16-7-9-10(14)5-4-6-11(9)20(3,18)19/h4-6,8,12,16H,7H2,1-3H3,(H2,15,17). The largest absolute Gasteiger partial charge is 0.368 e. The van der Waals surface area contributed by atoms with Crippen LogP contribution in [-0.2, 0) is 21.2 Å². The van der Waals surface area contributed by atoms with Gasteiger partial charge in [-0.1, -0.05) is 31.5 Å². The number of sulfone groups is 1. The minimum Gasteiger partial charge on any atom is -0.368 e. The summed E-state index contributed by atoms with van der Waals surface area (Å²) < 4.78 is 23.5. The number of nitrogens with two attached hydrogens (primary N) is 1. The van der Waals surface area contributed by atoms with Gasteiger partial charge in [-0.25, -0.2) is 8.42 Å². The van der Waals surface area contributed by atoms with Crippen LogP contribution in [0.1, 0.15) is 19.4 Å². The van der Waals surface area contributed by atoms with Crippen molar-refractivity contribution in [3.05, 3.63) is 28.8 Å². The molecule has 3 N–H and O–H groups in total. The van der Waals surface area contributed by atoms with Crippen LogP contribution in [-0.4, -0.2) is 26.6 Å². The van der Waals surface area contributed by atoms with Crippen LogP contribution >= 0.6 is 11.6 Å². The minimum atomic E-state index is -3.38. The third-order valence-corrected chi connectivity index (χ3v) is 4.48. The number of rotatable bonds is 6. The molecule has 0 bridgehead atoms. The Morgan fingerprint density at radius 3 is 2.45 bits per heavy atom. The Morgan fingerprint density at radius 1 is 1.40 bits per heavy atom. The van der Waals surface area contributed by atoms with Crippen LogP contribution in [0.15, 0.2) is 23.1 Å². The summed E-state index contributed by atoms with van der Waals surface area (Å²) in [4.78, 5) is 11.5. The first-order chi connectivity index (χ1) is 9.14. The first-order valence-electron chi connectivity index (χ1n) is 6.14. The van der Waals surface area contributed by atoms with Gasteiger partial charge < -0.3 is 11.1 Å². The summed E-state index contributed by atoms with van der Waals surface area (Å²) in [6.07, 6.45) is 1.12.